The third-order valence-electron chi connectivity index (χ3n) is 12.4. The number of likely N-dealkylation sites (tertiary alicyclic amines) is 2. The fourth-order valence-electron chi connectivity index (χ4n) is 8.43. The normalized spacial score (nSPS) is 15.9. The van der Waals surface area contributed by atoms with Crippen LogP contribution in [-0.2, 0) is 20.4 Å². The van der Waals surface area contributed by atoms with Crippen LogP contribution in [0.25, 0.3) is 62.6 Å². The molecule has 3 atom stereocenters. The van der Waals surface area contributed by atoms with Gasteiger partial charge in [-0.05, 0) is 99.6 Å². The standard InChI is InChI=1S/C22H19FN6O.C16H14BrFN6O.C11H8BrN5.C4H8FN.BH2O2.ClH.Pd/c23-18-9-10-28(14-18)22(30)25-19-8-4-7-16(11-19)20-26-21-24-12-17(13-29(21)27-20)15-5-2-1-3-6-15;17-11-7-19-15-21-14(22-24(15)8-11)10-2-1-3-13(6-10)20-16(25)23-5-4-12(18)9-23;12-8-5-14-11-15-10(16-17(11)6-8)7-2-1-3-9(13)4-7;5-4-1-2-6-3-4;2-1-3;;/h1-8,11-13,18H,9-10,14H2,(H,25,30);1-3,6-8,12H,4-5,9H2,(H,20,25);1-6H,13H2;4,6H,1-3H2;2-3H;1H;/t18-;12-;;4-;;;/m00.0.../s1. The summed E-state index contributed by atoms with van der Waals surface area (Å²) in [6.45, 7) is 2.56. The van der Waals surface area contributed by atoms with Crippen molar-refractivity contribution >= 4 is 98.4 Å². The Morgan fingerprint density at radius 1 is 0.578 bits per heavy atom. The van der Waals surface area contributed by atoms with E-state index in [-0.39, 0.29) is 65.7 Å². The Hall–Kier alpha value is -7.48. The predicted octanol–water partition coefficient (Wildman–Crippen LogP) is 8.54. The third kappa shape index (κ3) is 17.3. The minimum atomic E-state index is -0.947. The van der Waals surface area contributed by atoms with Crippen molar-refractivity contribution in [3.63, 3.8) is 0 Å². The number of carbonyl (C=O) groups is 2. The monoisotopic (exact) mass is 1370 g/mol. The summed E-state index contributed by atoms with van der Waals surface area (Å²) in [5, 5.41) is 35.8. The second-order valence-corrected chi connectivity index (χ2v) is 20.1. The van der Waals surface area contributed by atoms with E-state index in [2.05, 4.69) is 93.0 Å². The van der Waals surface area contributed by atoms with Gasteiger partial charge in [-0.1, -0.05) is 66.7 Å². The largest absolute Gasteiger partial charge is 0.482 e. The minimum Gasteiger partial charge on any atom is -0.429 e. The molecule has 3 aliphatic heterocycles. The third-order valence-corrected chi connectivity index (χ3v) is 13.2. The van der Waals surface area contributed by atoms with E-state index in [0.717, 1.165) is 43.3 Å². The van der Waals surface area contributed by atoms with Gasteiger partial charge in [0.1, 0.15) is 18.5 Å². The number of nitrogen functional groups attached to an aromatic ring is 1. The average Bonchev–Trinajstić information content (AvgIpc) is 4.48. The summed E-state index contributed by atoms with van der Waals surface area (Å²) < 4.78 is 45.0. The fraction of sp³-hybridized carbons (Fsp3) is 0.226. The van der Waals surface area contributed by atoms with Crippen molar-refractivity contribution in [3.8, 4) is 45.3 Å². The second-order valence-electron chi connectivity index (χ2n) is 18.3. The summed E-state index contributed by atoms with van der Waals surface area (Å²) in [7, 11) is 0. The smallest absolute Gasteiger partial charge is 0.429 e. The maximum absolute atomic E-state index is 13.3. The Labute approximate surface area is 510 Å². The van der Waals surface area contributed by atoms with Crippen LogP contribution in [0.3, 0.4) is 0 Å². The van der Waals surface area contributed by atoms with Gasteiger partial charge in [-0.15, -0.1) is 27.7 Å². The molecule has 1 radical (unpaired) electrons. The number of rotatable bonds is 6. The minimum absolute atomic E-state index is 0. The molecule has 0 bridgehead atoms. The van der Waals surface area contributed by atoms with Gasteiger partial charge in [-0.25, -0.2) is 51.3 Å². The van der Waals surface area contributed by atoms with Crippen LogP contribution in [0.4, 0.5) is 39.8 Å². The molecule has 433 valence electrons. The molecule has 3 aliphatic rings. The molecule has 9 heterocycles. The van der Waals surface area contributed by atoms with Crippen LogP contribution in [0.2, 0.25) is 0 Å². The number of anilines is 3. The van der Waals surface area contributed by atoms with E-state index in [0.29, 0.717) is 90.8 Å². The number of alkyl halides is 3. The molecule has 0 saturated carbocycles. The summed E-state index contributed by atoms with van der Waals surface area (Å²) in [5.41, 5.74) is 12.0. The average molecular weight is 1370 g/mol. The zero-order chi connectivity index (χ0) is 56.8. The Balaban J connectivity index is 0.000000169. The van der Waals surface area contributed by atoms with Gasteiger partial charge in [0.25, 0.3) is 17.3 Å². The molecule has 3 fully saturated rings. The van der Waals surface area contributed by atoms with Crippen LogP contribution in [0.5, 0.6) is 0 Å². The fourth-order valence-corrected chi connectivity index (χ4v) is 9.02. The molecule has 0 unspecified atom stereocenters. The Morgan fingerprint density at radius 3 is 1.42 bits per heavy atom. The van der Waals surface area contributed by atoms with E-state index in [1.807, 2.05) is 91.3 Å². The number of amides is 4. The molecule has 4 aromatic carbocycles. The van der Waals surface area contributed by atoms with Crippen molar-refractivity contribution in [1.82, 2.24) is 73.9 Å². The summed E-state index contributed by atoms with van der Waals surface area (Å²) in [6, 6.07) is 31.3. The second kappa shape index (κ2) is 30.2. The number of hydrogen-bond acceptors (Lipinski definition) is 15. The van der Waals surface area contributed by atoms with Crippen LogP contribution in [-0.4, -0.2) is 156 Å². The van der Waals surface area contributed by atoms with Gasteiger partial charge >= 0.3 is 19.7 Å². The molecule has 6 aromatic heterocycles. The number of fused-ring (bicyclic) bond motifs is 3. The van der Waals surface area contributed by atoms with Gasteiger partial charge in [0.05, 0.1) is 22.0 Å². The zero-order valence-electron chi connectivity index (χ0n) is 43.6. The van der Waals surface area contributed by atoms with Gasteiger partial charge in [0, 0.05) is 117 Å². The molecule has 4 amide bonds. The number of halogens is 6. The zero-order valence-corrected chi connectivity index (χ0v) is 49.2. The van der Waals surface area contributed by atoms with Crippen molar-refractivity contribution in [1.29, 1.82) is 0 Å². The van der Waals surface area contributed by atoms with Crippen LogP contribution >= 0.6 is 44.3 Å². The molecule has 10 aromatic rings. The van der Waals surface area contributed by atoms with Gasteiger partial charge in [0.15, 0.2) is 17.5 Å². The van der Waals surface area contributed by atoms with Crippen molar-refractivity contribution < 1.29 is 53.2 Å². The van der Waals surface area contributed by atoms with Gasteiger partial charge in [0.2, 0.25) is 0 Å². The molecular weight excluding hydrogens is 1320 g/mol. The van der Waals surface area contributed by atoms with Crippen molar-refractivity contribution in [2.45, 2.75) is 37.8 Å². The quantitative estimate of drug-likeness (QED) is 0.0672. The molecule has 0 aliphatic carbocycles. The number of urea groups is 2. The number of benzene rings is 4. The van der Waals surface area contributed by atoms with E-state index in [1.165, 1.54) is 9.80 Å². The molecule has 7 N–H and O–H groups in total. The van der Waals surface area contributed by atoms with Gasteiger partial charge < -0.3 is 41.5 Å². The molecule has 30 heteroatoms. The first-order valence-electron chi connectivity index (χ1n) is 25.2. The maximum atomic E-state index is 13.3. The Bertz CT molecular complexity index is 3760. The maximum Gasteiger partial charge on any atom is 0.482 e. The van der Waals surface area contributed by atoms with E-state index < -0.39 is 18.5 Å². The topological polar surface area (TPSA) is 272 Å². The van der Waals surface area contributed by atoms with Gasteiger partial charge in [-0.3, -0.25) is 0 Å². The van der Waals surface area contributed by atoms with Crippen LogP contribution in [0.1, 0.15) is 19.3 Å². The number of nitrogens with one attached hydrogen (secondary N) is 3. The summed E-state index contributed by atoms with van der Waals surface area (Å²) in [5.74, 6) is 3.16. The summed E-state index contributed by atoms with van der Waals surface area (Å²) >= 11 is 6.68. The van der Waals surface area contributed by atoms with E-state index in [4.69, 9.17) is 15.8 Å². The molecule has 83 heavy (non-hydrogen) atoms. The number of nitrogens with two attached hydrogens (primary N) is 1. The molecule has 3 saturated heterocycles. The summed E-state index contributed by atoms with van der Waals surface area (Å²) in [4.78, 5) is 53.4. The van der Waals surface area contributed by atoms with Crippen LogP contribution < -0.4 is 21.7 Å². The Morgan fingerprint density at radius 2 is 1.01 bits per heavy atom. The van der Waals surface area contributed by atoms with Crippen molar-refractivity contribution in [3.05, 3.63) is 149 Å². The first kappa shape index (κ1) is 63.1. The SMILES string of the molecule is Cl.F[C@H]1CCNC1.Nc1cccc(-c2nc3ncc(Br)cn3n2)c1.O=C(Nc1cccc(-c2nc3ncc(-c4ccccc4)cn3n2)c1)N1CC[C@H](F)C1.O=C(Nc1cccc(-c2nc3ncc(Br)cn3n2)c1)N1CC[C@H](F)C1.O[B]O.[Pd]. The van der Waals surface area contributed by atoms with Crippen LogP contribution in [0.15, 0.2) is 149 Å². The van der Waals surface area contributed by atoms with Crippen LogP contribution in [0, 0.1) is 0 Å². The first-order valence-corrected chi connectivity index (χ1v) is 26.8. The number of nitrogens with zero attached hydrogens (tertiary/aromatic N) is 14. The Kier molecular flexibility index (Phi) is 22.9. The van der Waals surface area contributed by atoms with Gasteiger partial charge in [-0.2, -0.15) is 15.0 Å². The van der Waals surface area contributed by atoms with E-state index in [1.54, 1.807) is 62.6 Å². The molecule has 13 rings (SSSR count). The first-order chi connectivity index (χ1) is 39.3. The number of carbonyl (C=O) groups excluding carboxylic acids is 2. The number of aromatic nitrogens is 12. The summed E-state index contributed by atoms with van der Waals surface area (Å²) in [6.07, 6.45) is 9.61. The molecular formula is C53H52BBr2ClF3N18O4Pd. The predicted molar refractivity (Wildman–Crippen MR) is 314 cm³/mol. The molecule has 0 spiro atoms. The van der Waals surface area contributed by atoms with E-state index >= 15 is 0 Å². The van der Waals surface area contributed by atoms with E-state index in [9.17, 15) is 22.8 Å². The van der Waals surface area contributed by atoms with Crippen molar-refractivity contribution in [2.24, 2.45) is 0 Å². The molecule has 22 nitrogen and oxygen atoms in total. The number of hydrogen-bond donors (Lipinski definition) is 6. The van der Waals surface area contributed by atoms with Crippen molar-refractivity contribution in [2.75, 3.05) is 55.6 Å².